The third-order valence-electron chi connectivity index (χ3n) is 6.77. The van der Waals surface area contributed by atoms with Crippen molar-refractivity contribution in [3.63, 3.8) is 0 Å². The van der Waals surface area contributed by atoms with Gasteiger partial charge < -0.3 is 15.6 Å². The van der Waals surface area contributed by atoms with E-state index < -0.39 is 0 Å². The van der Waals surface area contributed by atoms with Crippen molar-refractivity contribution in [2.24, 2.45) is 28.7 Å². The molecule has 0 radical (unpaired) electrons. The number of benzene rings is 1. The number of aliphatic imine (C=N–C) groups is 1. The topological polar surface area (TPSA) is 89.6 Å². The maximum absolute atomic E-state index is 12.8. The molecule has 2 bridgehead atoms. The molecule has 3 N–H and O–H groups in total. The lowest BCUT2D eigenvalue weighted by atomic mass is 9.85. The first kappa shape index (κ1) is 19.8. The van der Waals surface area contributed by atoms with Crippen molar-refractivity contribution < 1.29 is 9.59 Å². The Bertz CT molecular complexity index is 992. The van der Waals surface area contributed by atoms with E-state index in [1.54, 1.807) is 0 Å². The van der Waals surface area contributed by atoms with Crippen LogP contribution < -0.4 is 10.6 Å². The van der Waals surface area contributed by atoms with E-state index in [2.05, 4.69) is 51.0 Å². The zero-order chi connectivity index (χ0) is 21.4. The van der Waals surface area contributed by atoms with Gasteiger partial charge in [-0.2, -0.15) is 0 Å². The van der Waals surface area contributed by atoms with Gasteiger partial charge in [0.1, 0.15) is 0 Å². The maximum atomic E-state index is 12.8. The molecule has 0 spiro atoms. The van der Waals surface area contributed by atoms with E-state index in [9.17, 15) is 9.59 Å². The Labute approximate surface area is 182 Å². The van der Waals surface area contributed by atoms with E-state index in [0.717, 1.165) is 30.6 Å². The molecule has 1 saturated carbocycles. The summed E-state index contributed by atoms with van der Waals surface area (Å²) in [7, 11) is 0. The highest BCUT2D eigenvalue weighted by Crippen LogP contribution is 2.52. The lowest BCUT2D eigenvalue weighted by Crippen LogP contribution is -2.43. The highest BCUT2D eigenvalue weighted by Gasteiger charge is 2.58. The van der Waals surface area contributed by atoms with Crippen molar-refractivity contribution in [3.05, 3.63) is 48.2 Å². The van der Waals surface area contributed by atoms with E-state index >= 15 is 0 Å². The van der Waals surface area contributed by atoms with Crippen LogP contribution in [0.1, 0.15) is 19.0 Å². The van der Waals surface area contributed by atoms with Gasteiger partial charge in [0, 0.05) is 43.8 Å². The third-order valence-corrected chi connectivity index (χ3v) is 6.77. The molecule has 7 nitrogen and oxygen atoms in total. The Morgan fingerprint density at radius 1 is 1.13 bits per heavy atom. The van der Waals surface area contributed by atoms with Gasteiger partial charge in [0.15, 0.2) is 5.96 Å². The third kappa shape index (κ3) is 3.62. The Kier molecular flexibility index (Phi) is 5.26. The summed E-state index contributed by atoms with van der Waals surface area (Å²) < 4.78 is 0. The zero-order valence-corrected chi connectivity index (χ0v) is 17.8. The van der Waals surface area contributed by atoms with Crippen LogP contribution in [-0.4, -0.2) is 53.8 Å². The minimum atomic E-state index is -0.124. The van der Waals surface area contributed by atoms with Crippen LogP contribution in [0.3, 0.4) is 0 Å². The fourth-order valence-electron chi connectivity index (χ4n) is 5.37. The molecule has 1 saturated heterocycles. The van der Waals surface area contributed by atoms with Crippen LogP contribution in [0.2, 0.25) is 0 Å². The minimum absolute atomic E-state index is 0.00870. The molecule has 31 heavy (non-hydrogen) atoms. The SMILES string of the molecule is CCNC(=NCCc1cc2ccccc2[nH]1)NCCN1C(=O)C2C3C=CC(C3)C2C1=O. The highest BCUT2D eigenvalue weighted by atomic mass is 16.2. The molecule has 2 amide bonds. The number of nitrogens with one attached hydrogen (secondary N) is 3. The molecule has 4 unspecified atom stereocenters. The first-order valence-corrected chi connectivity index (χ1v) is 11.3. The summed E-state index contributed by atoms with van der Waals surface area (Å²) in [6, 6.07) is 10.4. The molecular formula is C24H29N5O2. The molecule has 162 valence electrons. The molecule has 2 aromatic rings. The smallest absolute Gasteiger partial charge is 0.233 e. The van der Waals surface area contributed by atoms with Crippen molar-refractivity contribution in [2.75, 3.05) is 26.2 Å². The van der Waals surface area contributed by atoms with E-state index in [4.69, 9.17) is 0 Å². The summed E-state index contributed by atoms with van der Waals surface area (Å²) in [6.07, 6.45) is 6.03. The van der Waals surface area contributed by atoms with Gasteiger partial charge in [0.25, 0.3) is 0 Å². The van der Waals surface area contributed by atoms with Gasteiger partial charge in [-0.1, -0.05) is 30.4 Å². The zero-order valence-electron chi connectivity index (χ0n) is 17.8. The normalized spacial score (nSPS) is 26.9. The number of aromatic amines is 1. The molecule has 2 fully saturated rings. The summed E-state index contributed by atoms with van der Waals surface area (Å²) in [5.74, 6) is 0.991. The van der Waals surface area contributed by atoms with Crippen LogP contribution in [0, 0.1) is 23.7 Å². The van der Waals surface area contributed by atoms with Crippen LogP contribution in [0.4, 0.5) is 0 Å². The second kappa shape index (κ2) is 8.21. The molecule has 1 aromatic carbocycles. The number of aromatic nitrogens is 1. The number of fused-ring (bicyclic) bond motifs is 6. The minimum Gasteiger partial charge on any atom is -0.358 e. The van der Waals surface area contributed by atoms with Crippen molar-refractivity contribution in [2.45, 2.75) is 19.8 Å². The maximum Gasteiger partial charge on any atom is 0.233 e. The highest BCUT2D eigenvalue weighted by molar-refractivity contribution is 6.06. The summed E-state index contributed by atoms with van der Waals surface area (Å²) in [5.41, 5.74) is 2.30. The number of para-hydroxylation sites is 1. The number of H-pyrrole nitrogens is 1. The van der Waals surface area contributed by atoms with Crippen LogP contribution in [0.5, 0.6) is 0 Å². The summed E-state index contributed by atoms with van der Waals surface area (Å²) in [5, 5.41) is 7.72. The number of amides is 2. The van der Waals surface area contributed by atoms with Gasteiger partial charge in [-0.3, -0.25) is 19.5 Å². The average Bonchev–Trinajstić information content (AvgIpc) is 3.52. The Morgan fingerprint density at radius 3 is 2.58 bits per heavy atom. The number of likely N-dealkylation sites (tertiary alicyclic amines) is 1. The average molecular weight is 420 g/mol. The molecule has 7 heteroatoms. The lowest BCUT2D eigenvalue weighted by molar-refractivity contribution is -0.140. The molecule has 5 rings (SSSR count). The molecule has 2 heterocycles. The predicted octanol–water partition coefficient (Wildman–Crippen LogP) is 2.07. The van der Waals surface area contributed by atoms with Crippen molar-refractivity contribution >= 4 is 28.7 Å². The molecule has 1 aliphatic heterocycles. The fourth-order valence-corrected chi connectivity index (χ4v) is 5.37. The number of hydrogen-bond donors (Lipinski definition) is 3. The van der Waals surface area contributed by atoms with Gasteiger partial charge in [0.2, 0.25) is 11.8 Å². The van der Waals surface area contributed by atoms with Crippen LogP contribution in [0.25, 0.3) is 10.9 Å². The number of allylic oxidation sites excluding steroid dienone is 2. The first-order chi connectivity index (χ1) is 15.2. The van der Waals surface area contributed by atoms with Crippen molar-refractivity contribution in [1.82, 2.24) is 20.5 Å². The Hall–Kier alpha value is -3.09. The van der Waals surface area contributed by atoms with Crippen molar-refractivity contribution in [3.8, 4) is 0 Å². The molecule has 2 aliphatic carbocycles. The second-order valence-corrected chi connectivity index (χ2v) is 8.65. The van der Waals surface area contributed by atoms with Gasteiger partial charge in [-0.25, -0.2) is 0 Å². The first-order valence-electron chi connectivity index (χ1n) is 11.3. The van der Waals surface area contributed by atoms with E-state index in [1.807, 2.05) is 19.1 Å². The quantitative estimate of drug-likeness (QED) is 0.277. The summed E-state index contributed by atoms with van der Waals surface area (Å²) in [4.78, 5) is 35.1. The lowest BCUT2D eigenvalue weighted by Gasteiger charge is -2.18. The van der Waals surface area contributed by atoms with Gasteiger partial charge in [-0.15, -0.1) is 0 Å². The van der Waals surface area contributed by atoms with Crippen LogP contribution in [0.15, 0.2) is 47.5 Å². The molecule has 3 aliphatic rings. The number of guanidine groups is 1. The van der Waals surface area contributed by atoms with Gasteiger partial charge in [0.05, 0.1) is 11.8 Å². The summed E-state index contributed by atoms with van der Waals surface area (Å²) in [6.45, 7) is 4.29. The van der Waals surface area contributed by atoms with E-state index in [1.165, 1.54) is 10.3 Å². The van der Waals surface area contributed by atoms with Crippen molar-refractivity contribution in [1.29, 1.82) is 0 Å². The number of carbonyl (C=O) groups is 2. The monoisotopic (exact) mass is 419 g/mol. The number of carbonyl (C=O) groups excluding carboxylic acids is 2. The molecule has 4 atom stereocenters. The summed E-state index contributed by atoms with van der Waals surface area (Å²) >= 11 is 0. The van der Waals surface area contributed by atoms with Gasteiger partial charge in [-0.05, 0) is 42.7 Å². The van der Waals surface area contributed by atoms with E-state index in [0.29, 0.717) is 25.6 Å². The predicted molar refractivity (Wildman–Crippen MR) is 120 cm³/mol. The Morgan fingerprint density at radius 2 is 1.87 bits per heavy atom. The van der Waals surface area contributed by atoms with Crippen LogP contribution >= 0.6 is 0 Å². The Balaban J connectivity index is 1.14. The van der Waals surface area contributed by atoms with E-state index in [-0.39, 0.29) is 35.5 Å². The number of rotatable bonds is 7. The second-order valence-electron chi connectivity index (χ2n) is 8.65. The number of imide groups is 1. The standard InChI is InChI=1S/C24H29N5O2/c1-2-25-24(26-10-9-18-14-15-5-3-4-6-19(15)28-18)27-11-12-29-22(30)20-16-7-8-17(13-16)21(20)23(29)31/h3-8,14,16-17,20-21,28H,2,9-13H2,1H3,(H2,25,26,27). The number of nitrogens with zero attached hydrogens (tertiary/aromatic N) is 2. The largest absolute Gasteiger partial charge is 0.358 e. The van der Waals surface area contributed by atoms with Gasteiger partial charge >= 0.3 is 0 Å². The van der Waals surface area contributed by atoms with Crippen LogP contribution in [-0.2, 0) is 16.0 Å². The molecular weight excluding hydrogens is 390 g/mol. The fraction of sp³-hybridized carbons (Fsp3) is 0.458. The molecule has 1 aromatic heterocycles. The number of hydrogen-bond acceptors (Lipinski definition) is 3.